The number of carbonyl (C=O) groups excluding carboxylic acids is 2. The van der Waals surface area contributed by atoms with Gasteiger partial charge in [-0.05, 0) is 55.3 Å². The average Bonchev–Trinajstić information content (AvgIpc) is 2.73. The van der Waals surface area contributed by atoms with Gasteiger partial charge in [-0.3, -0.25) is 9.59 Å². The summed E-state index contributed by atoms with van der Waals surface area (Å²) >= 11 is 0. The first-order valence-electron chi connectivity index (χ1n) is 9.58. The maximum Gasteiger partial charge on any atom is 0.335 e. The van der Waals surface area contributed by atoms with Crippen molar-refractivity contribution in [3.63, 3.8) is 0 Å². The summed E-state index contributed by atoms with van der Waals surface area (Å²) in [6.07, 6.45) is 5.52. The van der Waals surface area contributed by atoms with E-state index in [1.54, 1.807) is 29.2 Å². The molecule has 2 N–H and O–H groups in total. The molecule has 152 valence electrons. The number of carbonyl (C=O) groups is 3. The normalized spacial score (nSPS) is 14.3. The van der Waals surface area contributed by atoms with Gasteiger partial charge in [-0.15, -0.1) is 0 Å². The SMILES string of the molecule is CN(C(=O)c1ccc(NC(=O)c2ccc(C(=O)O)cc2F)cc1)C1CCCCC1. The summed E-state index contributed by atoms with van der Waals surface area (Å²) in [4.78, 5) is 37.6. The van der Waals surface area contributed by atoms with E-state index in [0.717, 1.165) is 37.8 Å². The molecule has 1 aliphatic rings. The van der Waals surface area contributed by atoms with Gasteiger partial charge >= 0.3 is 5.97 Å². The summed E-state index contributed by atoms with van der Waals surface area (Å²) in [5.74, 6) is -2.94. The molecule has 0 heterocycles. The van der Waals surface area contributed by atoms with Gasteiger partial charge in [-0.2, -0.15) is 0 Å². The van der Waals surface area contributed by atoms with Crippen LogP contribution < -0.4 is 5.32 Å². The average molecular weight is 398 g/mol. The number of carboxylic acids is 1. The molecule has 0 saturated heterocycles. The quantitative estimate of drug-likeness (QED) is 0.791. The number of benzene rings is 2. The first kappa shape index (κ1) is 20.5. The van der Waals surface area contributed by atoms with E-state index in [1.165, 1.54) is 12.5 Å². The summed E-state index contributed by atoms with van der Waals surface area (Å²) in [5.41, 5.74) is 0.442. The van der Waals surface area contributed by atoms with E-state index in [2.05, 4.69) is 5.32 Å². The van der Waals surface area contributed by atoms with Crippen LogP contribution in [0.15, 0.2) is 42.5 Å². The Labute approximate surface area is 168 Å². The number of anilines is 1. The van der Waals surface area contributed by atoms with Crippen LogP contribution in [0.1, 0.15) is 63.2 Å². The van der Waals surface area contributed by atoms with Gasteiger partial charge in [-0.1, -0.05) is 19.3 Å². The van der Waals surface area contributed by atoms with Crippen LogP contribution in [0.25, 0.3) is 0 Å². The predicted octanol–water partition coefficient (Wildman–Crippen LogP) is 4.18. The molecule has 2 aromatic rings. The lowest BCUT2D eigenvalue weighted by Crippen LogP contribution is -2.38. The number of nitrogens with zero attached hydrogens (tertiary/aromatic N) is 1. The Hall–Kier alpha value is -3.22. The molecule has 0 radical (unpaired) electrons. The minimum atomic E-state index is -1.27. The van der Waals surface area contributed by atoms with Gasteiger partial charge in [0.1, 0.15) is 5.82 Å². The lowest BCUT2D eigenvalue weighted by molar-refractivity contribution is 0.0687. The number of hydrogen-bond acceptors (Lipinski definition) is 3. The highest BCUT2D eigenvalue weighted by molar-refractivity contribution is 6.05. The second-order valence-corrected chi connectivity index (χ2v) is 7.24. The van der Waals surface area contributed by atoms with Crippen LogP contribution in [0.2, 0.25) is 0 Å². The van der Waals surface area contributed by atoms with E-state index in [1.807, 2.05) is 7.05 Å². The zero-order valence-corrected chi connectivity index (χ0v) is 16.2. The topological polar surface area (TPSA) is 86.7 Å². The Morgan fingerprint density at radius 1 is 1.00 bits per heavy atom. The second kappa shape index (κ2) is 8.86. The van der Waals surface area contributed by atoms with Gasteiger partial charge in [0, 0.05) is 24.3 Å². The number of nitrogens with one attached hydrogen (secondary N) is 1. The van der Waals surface area contributed by atoms with E-state index >= 15 is 0 Å². The third-order valence-corrected chi connectivity index (χ3v) is 5.29. The van der Waals surface area contributed by atoms with E-state index in [9.17, 15) is 18.8 Å². The minimum Gasteiger partial charge on any atom is -0.478 e. The molecule has 0 spiro atoms. The number of aromatic carboxylic acids is 1. The highest BCUT2D eigenvalue weighted by Gasteiger charge is 2.23. The second-order valence-electron chi connectivity index (χ2n) is 7.24. The minimum absolute atomic E-state index is 0.0647. The number of rotatable bonds is 5. The molecule has 2 aromatic carbocycles. The largest absolute Gasteiger partial charge is 0.478 e. The Bertz CT molecular complexity index is 921. The van der Waals surface area contributed by atoms with Crippen molar-refractivity contribution in [2.75, 3.05) is 12.4 Å². The lowest BCUT2D eigenvalue weighted by atomic mass is 9.94. The van der Waals surface area contributed by atoms with Crippen molar-refractivity contribution in [1.82, 2.24) is 4.90 Å². The molecule has 3 rings (SSSR count). The van der Waals surface area contributed by atoms with Crippen LogP contribution in [0.3, 0.4) is 0 Å². The third kappa shape index (κ3) is 4.80. The highest BCUT2D eigenvalue weighted by atomic mass is 19.1. The lowest BCUT2D eigenvalue weighted by Gasteiger charge is -2.31. The van der Waals surface area contributed by atoms with Gasteiger partial charge in [0.15, 0.2) is 0 Å². The highest BCUT2D eigenvalue weighted by Crippen LogP contribution is 2.23. The molecule has 0 atom stereocenters. The third-order valence-electron chi connectivity index (χ3n) is 5.29. The molecule has 7 heteroatoms. The number of carboxylic acid groups (broad SMARTS) is 1. The molecule has 1 aliphatic carbocycles. The maximum absolute atomic E-state index is 14.0. The summed E-state index contributed by atoms with van der Waals surface area (Å²) in [7, 11) is 1.82. The van der Waals surface area contributed by atoms with Crippen molar-refractivity contribution in [3.05, 3.63) is 65.0 Å². The fourth-order valence-electron chi connectivity index (χ4n) is 3.56. The van der Waals surface area contributed by atoms with Crippen LogP contribution in [0.5, 0.6) is 0 Å². The summed E-state index contributed by atoms with van der Waals surface area (Å²) in [6, 6.07) is 9.79. The molecular formula is C22H23FN2O4. The molecular weight excluding hydrogens is 375 g/mol. The van der Waals surface area contributed by atoms with Gasteiger partial charge in [0.05, 0.1) is 11.1 Å². The zero-order chi connectivity index (χ0) is 21.0. The summed E-state index contributed by atoms with van der Waals surface area (Å²) in [6.45, 7) is 0. The van der Waals surface area contributed by atoms with E-state index in [-0.39, 0.29) is 23.1 Å². The van der Waals surface area contributed by atoms with Crippen molar-refractivity contribution < 1.29 is 23.9 Å². The summed E-state index contributed by atoms with van der Waals surface area (Å²) < 4.78 is 14.0. The van der Waals surface area contributed by atoms with Crippen LogP contribution in [0.4, 0.5) is 10.1 Å². The van der Waals surface area contributed by atoms with Crippen LogP contribution in [-0.4, -0.2) is 40.9 Å². The monoisotopic (exact) mass is 398 g/mol. The van der Waals surface area contributed by atoms with Crippen molar-refractivity contribution >= 4 is 23.5 Å². The fraction of sp³-hybridized carbons (Fsp3) is 0.318. The molecule has 2 amide bonds. The van der Waals surface area contributed by atoms with Gasteiger partial charge in [0.2, 0.25) is 0 Å². The standard InChI is InChI=1S/C22H23FN2O4/c1-25(17-5-3-2-4-6-17)21(27)14-7-10-16(11-8-14)24-20(26)18-12-9-15(22(28)29)13-19(18)23/h7-13,17H,2-6H2,1H3,(H,24,26)(H,28,29). The van der Waals surface area contributed by atoms with Crippen molar-refractivity contribution in [1.29, 1.82) is 0 Å². The van der Waals surface area contributed by atoms with Gasteiger partial charge in [-0.25, -0.2) is 9.18 Å². The summed E-state index contributed by atoms with van der Waals surface area (Å²) in [5, 5.41) is 11.4. The molecule has 0 unspecified atom stereocenters. The predicted molar refractivity (Wildman–Crippen MR) is 107 cm³/mol. The fourth-order valence-corrected chi connectivity index (χ4v) is 3.56. The first-order chi connectivity index (χ1) is 13.9. The number of amides is 2. The van der Waals surface area contributed by atoms with Gasteiger partial charge < -0.3 is 15.3 Å². The first-order valence-corrected chi connectivity index (χ1v) is 9.58. The van der Waals surface area contributed by atoms with Gasteiger partial charge in [0.25, 0.3) is 11.8 Å². The van der Waals surface area contributed by atoms with E-state index in [0.29, 0.717) is 11.3 Å². The van der Waals surface area contributed by atoms with Crippen LogP contribution in [0, 0.1) is 5.82 Å². The molecule has 0 aromatic heterocycles. The Morgan fingerprint density at radius 3 is 2.21 bits per heavy atom. The van der Waals surface area contributed by atoms with Crippen LogP contribution in [-0.2, 0) is 0 Å². The molecule has 0 aliphatic heterocycles. The van der Waals surface area contributed by atoms with E-state index < -0.39 is 17.7 Å². The van der Waals surface area contributed by atoms with Crippen molar-refractivity contribution in [2.45, 2.75) is 38.1 Å². The van der Waals surface area contributed by atoms with Crippen molar-refractivity contribution in [2.24, 2.45) is 0 Å². The number of halogens is 1. The molecule has 1 saturated carbocycles. The Balaban J connectivity index is 1.66. The molecule has 6 nitrogen and oxygen atoms in total. The Kier molecular flexibility index (Phi) is 6.26. The van der Waals surface area contributed by atoms with Crippen LogP contribution >= 0.6 is 0 Å². The molecule has 1 fully saturated rings. The van der Waals surface area contributed by atoms with E-state index in [4.69, 9.17) is 5.11 Å². The molecule has 0 bridgehead atoms. The smallest absolute Gasteiger partial charge is 0.335 e. The number of hydrogen-bond donors (Lipinski definition) is 2. The molecule has 29 heavy (non-hydrogen) atoms. The van der Waals surface area contributed by atoms with Crippen molar-refractivity contribution in [3.8, 4) is 0 Å². The Morgan fingerprint density at radius 2 is 1.62 bits per heavy atom. The maximum atomic E-state index is 14.0. The zero-order valence-electron chi connectivity index (χ0n) is 16.2.